The molecule has 0 aliphatic rings. The fourth-order valence-electron chi connectivity index (χ4n) is 3.08. The summed E-state index contributed by atoms with van der Waals surface area (Å²) in [6, 6.07) is 12.6. The summed E-state index contributed by atoms with van der Waals surface area (Å²) in [6.07, 6.45) is 0.210. The molecule has 0 heterocycles. The van der Waals surface area contributed by atoms with Crippen molar-refractivity contribution in [3.8, 4) is 5.75 Å². The molecule has 0 aliphatic carbocycles. The van der Waals surface area contributed by atoms with Gasteiger partial charge in [-0.25, -0.2) is 4.39 Å². The van der Waals surface area contributed by atoms with Gasteiger partial charge in [0.25, 0.3) is 0 Å². The molecule has 2 aromatic rings. The van der Waals surface area contributed by atoms with Crippen LogP contribution in [0, 0.1) is 5.82 Å². The topological polar surface area (TPSA) is 41.6 Å². The van der Waals surface area contributed by atoms with E-state index in [1.54, 1.807) is 19.2 Å². The number of carbonyl (C=O) groups is 1. The SMILES string of the molecule is CCN(CC)C(CNC(=O)Cc1ccc(F)c(Br)c1)c1cccc(OC)c1. The zero-order chi connectivity index (χ0) is 19.8. The third-order valence-electron chi connectivity index (χ3n) is 4.57. The zero-order valence-corrected chi connectivity index (χ0v) is 17.6. The lowest BCUT2D eigenvalue weighted by Gasteiger charge is -2.30. The van der Waals surface area contributed by atoms with Crippen LogP contribution in [0.1, 0.15) is 31.0 Å². The molecule has 0 fully saturated rings. The summed E-state index contributed by atoms with van der Waals surface area (Å²) >= 11 is 3.15. The summed E-state index contributed by atoms with van der Waals surface area (Å²) in [5, 5.41) is 3.02. The monoisotopic (exact) mass is 436 g/mol. The maximum atomic E-state index is 13.3. The van der Waals surface area contributed by atoms with E-state index in [2.05, 4.69) is 46.1 Å². The second kappa shape index (κ2) is 10.4. The summed E-state index contributed by atoms with van der Waals surface area (Å²) in [7, 11) is 1.65. The molecule has 0 saturated heterocycles. The van der Waals surface area contributed by atoms with E-state index in [9.17, 15) is 9.18 Å². The predicted molar refractivity (Wildman–Crippen MR) is 109 cm³/mol. The first-order valence-electron chi connectivity index (χ1n) is 9.07. The molecule has 1 amide bonds. The van der Waals surface area contributed by atoms with Gasteiger partial charge in [-0.1, -0.05) is 32.0 Å². The normalized spacial score (nSPS) is 12.1. The molecule has 6 heteroatoms. The molecule has 0 spiro atoms. The third kappa shape index (κ3) is 6.04. The highest BCUT2D eigenvalue weighted by molar-refractivity contribution is 9.10. The van der Waals surface area contributed by atoms with Crippen LogP contribution in [-0.4, -0.2) is 37.6 Å². The Morgan fingerprint density at radius 1 is 1.22 bits per heavy atom. The molecule has 4 nitrogen and oxygen atoms in total. The van der Waals surface area contributed by atoms with E-state index in [0.29, 0.717) is 11.0 Å². The maximum absolute atomic E-state index is 13.3. The number of nitrogens with zero attached hydrogens (tertiary/aromatic N) is 1. The molecule has 146 valence electrons. The van der Waals surface area contributed by atoms with Crippen LogP contribution in [0.4, 0.5) is 4.39 Å². The van der Waals surface area contributed by atoms with Crippen molar-refractivity contribution in [1.29, 1.82) is 0 Å². The van der Waals surface area contributed by atoms with Gasteiger partial charge in [-0.2, -0.15) is 0 Å². The van der Waals surface area contributed by atoms with Crippen molar-refractivity contribution in [3.63, 3.8) is 0 Å². The summed E-state index contributed by atoms with van der Waals surface area (Å²) < 4.78 is 19.0. The van der Waals surface area contributed by atoms with Crippen LogP contribution in [0.2, 0.25) is 0 Å². The van der Waals surface area contributed by atoms with Crippen LogP contribution in [-0.2, 0) is 11.2 Å². The molecule has 2 aromatic carbocycles. The molecule has 0 bridgehead atoms. The highest BCUT2D eigenvalue weighted by Gasteiger charge is 2.19. The van der Waals surface area contributed by atoms with Gasteiger partial charge in [0.1, 0.15) is 11.6 Å². The number of halogens is 2. The van der Waals surface area contributed by atoms with Crippen molar-refractivity contribution >= 4 is 21.8 Å². The molecule has 0 saturated carbocycles. The third-order valence-corrected chi connectivity index (χ3v) is 5.18. The first-order chi connectivity index (χ1) is 13.0. The van der Waals surface area contributed by atoms with E-state index in [1.807, 2.05) is 18.2 Å². The molecule has 0 aliphatic heterocycles. The number of nitrogens with one attached hydrogen (secondary N) is 1. The van der Waals surface area contributed by atoms with Crippen molar-refractivity contribution in [1.82, 2.24) is 10.2 Å². The summed E-state index contributed by atoms with van der Waals surface area (Å²) in [5.41, 5.74) is 1.87. The van der Waals surface area contributed by atoms with Crippen molar-refractivity contribution in [2.24, 2.45) is 0 Å². The minimum Gasteiger partial charge on any atom is -0.497 e. The fourth-order valence-corrected chi connectivity index (χ4v) is 3.51. The minimum atomic E-state index is -0.334. The molecular formula is C21H26BrFN2O2. The Bertz CT molecular complexity index is 766. The minimum absolute atomic E-state index is 0.0546. The van der Waals surface area contributed by atoms with Gasteiger partial charge >= 0.3 is 0 Å². The Kier molecular flexibility index (Phi) is 8.25. The second-order valence-electron chi connectivity index (χ2n) is 6.24. The standard InChI is InChI=1S/C21H26BrFN2O2/c1-4-25(5-2)20(16-7-6-8-17(13-16)27-3)14-24-21(26)12-15-9-10-19(23)18(22)11-15/h6-11,13,20H,4-5,12,14H2,1-3H3,(H,24,26). The van der Waals surface area contributed by atoms with Gasteiger partial charge in [0.2, 0.25) is 5.91 Å². The smallest absolute Gasteiger partial charge is 0.224 e. The molecule has 1 N–H and O–H groups in total. The zero-order valence-electron chi connectivity index (χ0n) is 16.0. The Labute approximate surface area is 168 Å². The van der Waals surface area contributed by atoms with E-state index in [0.717, 1.165) is 30.0 Å². The lowest BCUT2D eigenvalue weighted by atomic mass is 10.0. The van der Waals surface area contributed by atoms with E-state index in [-0.39, 0.29) is 24.2 Å². The van der Waals surface area contributed by atoms with E-state index < -0.39 is 0 Å². The molecule has 2 rings (SSSR count). The number of likely N-dealkylation sites (N-methyl/N-ethyl adjacent to an activating group) is 1. The van der Waals surface area contributed by atoms with Gasteiger partial charge in [0.15, 0.2) is 0 Å². The van der Waals surface area contributed by atoms with Crippen LogP contribution in [0.15, 0.2) is 46.9 Å². The highest BCUT2D eigenvalue weighted by atomic mass is 79.9. The van der Waals surface area contributed by atoms with Crippen LogP contribution in [0.25, 0.3) is 0 Å². The summed E-state index contributed by atoms with van der Waals surface area (Å²) in [4.78, 5) is 14.7. The number of benzene rings is 2. The summed E-state index contributed by atoms with van der Waals surface area (Å²) in [6.45, 7) is 6.46. The van der Waals surface area contributed by atoms with Crippen molar-refractivity contribution in [3.05, 3.63) is 63.9 Å². The van der Waals surface area contributed by atoms with Crippen LogP contribution < -0.4 is 10.1 Å². The predicted octanol–water partition coefficient (Wildman–Crippen LogP) is 4.34. The molecular weight excluding hydrogens is 411 g/mol. The van der Waals surface area contributed by atoms with Gasteiger partial charge in [-0.3, -0.25) is 9.69 Å². The van der Waals surface area contributed by atoms with Crippen LogP contribution in [0.5, 0.6) is 5.75 Å². The first-order valence-corrected chi connectivity index (χ1v) is 9.86. The molecule has 0 aromatic heterocycles. The number of rotatable bonds is 9. The van der Waals surface area contributed by atoms with E-state index in [4.69, 9.17) is 4.74 Å². The van der Waals surface area contributed by atoms with Gasteiger partial charge in [-0.15, -0.1) is 0 Å². The fraction of sp³-hybridized carbons (Fsp3) is 0.381. The molecule has 1 atom stereocenters. The molecule has 0 radical (unpaired) electrons. The second-order valence-corrected chi connectivity index (χ2v) is 7.10. The van der Waals surface area contributed by atoms with Gasteiger partial charge in [0.05, 0.1) is 24.0 Å². The Morgan fingerprint density at radius 3 is 2.59 bits per heavy atom. The number of methoxy groups -OCH3 is 1. The number of ether oxygens (including phenoxy) is 1. The Morgan fingerprint density at radius 2 is 1.96 bits per heavy atom. The average molecular weight is 437 g/mol. The van der Waals surface area contributed by atoms with E-state index in [1.165, 1.54) is 6.07 Å². The quantitative estimate of drug-likeness (QED) is 0.635. The van der Waals surface area contributed by atoms with Gasteiger partial charge in [-0.05, 0) is 64.4 Å². The Balaban J connectivity index is 2.08. The number of hydrogen-bond donors (Lipinski definition) is 1. The van der Waals surface area contributed by atoms with Crippen molar-refractivity contribution in [2.45, 2.75) is 26.3 Å². The lowest BCUT2D eigenvalue weighted by Crippen LogP contribution is -2.38. The Hall–Kier alpha value is -1.92. The lowest BCUT2D eigenvalue weighted by molar-refractivity contribution is -0.120. The highest BCUT2D eigenvalue weighted by Crippen LogP contribution is 2.24. The van der Waals surface area contributed by atoms with E-state index >= 15 is 0 Å². The van der Waals surface area contributed by atoms with Gasteiger partial charge < -0.3 is 10.1 Å². The van der Waals surface area contributed by atoms with Gasteiger partial charge in [0, 0.05) is 6.54 Å². The van der Waals surface area contributed by atoms with Crippen LogP contribution in [0.3, 0.4) is 0 Å². The number of carbonyl (C=O) groups excluding carboxylic acids is 1. The average Bonchev–Trinajstić information content (AvgIpc) is 2.68. The van der Waals surface area contributed by atoms with Crippen molar-refractivity contribution < 1.29 is 13.9 Å². The van der Waals surface area contributed by atoms with Crippen LogP contribution >= 0.6 is 15.9 Å². The molecule has 1 unspecified atom stereocenters. The first kappa shape index (κ1) is 21.4. The number of amides is 1. The maximum Gasteiger partial charge on any atom is 0.224 e. The largest absolute Gasteiger partial charge is 0.497 e. The summed E-state index contributed by atoms with van der Waals surface area (Å²) in [5.74, 6) is 0.375. The number of hydrogen-bond acceptors (Lipinski definition) is 3. The van der Waals surface area contributed by atoms with Crippen molar-refractivity contribution in [2.75, 3.05) is 26.7 Å². The molecule has 27 heavy (non-hydrogen) atoms.